The lowest BCUT2D eigenvalue weighted by Crippen LogP contribution is -2.42. The Hall–Kier alpha value is -1.99. The van der Waals surface area contributed by atoms with Crippen LogP contribution < -0.4 is 4.74 Å². The van der Waals surface area contributed by atoms with Crippen molar-refractivity contribution in [2.75, 3.05) is 13.1 Å². The fourth-order valence-electron chi connectivity index (χ4n) is 2.72. The van der Waals surface area contributed by atoms with E-state index in [1.165, 1.54) is 0 Å². The minimum atomic E-state index is -3.29. The molecule has 1 aliphatic heterocycles. The van der Waals surface area contributed by atoms with Gasteiger partial charge in [0.25, 0.3) is 0 Å². The van der Waals surface area contributed by atoms with Gasteiger partial charge >= 0.3 is 0 Å². The Morgan fingerprint density at radius 2 is 1.79 bits per heavy atom. The third kappa shape index (κ3) is 4.30. The molecule has 0 atom stereocenters. The lowest BCUT2D eigenvalue weighted by molar-refractivity contribution is 0.128. The minimum Gasteiger partial charge on any atom is -0.473 e. The van der Waals surface area contributed by atoms with Crippen molar-refractivity contribution in [1.29, 1.82) is 0 Å². The highest BCUT2D eigenvalue weighted by atomic mass is 32.2. The highest BCUT2D eigenvalue weighted by Crippen LogP contribution is 2.20. The smallest absolute Gasteiger partial charge is 0.233 e. The highest BCUT2D eigenvalue weighted by Gasteiger charge is 2.29. The summed E-state index contributed by atoms with van der Waals surface area (Å²) in [6.45, 7) is 2.81. The van der Waals surface area contributed by atoms with Crippen LogP contribution in [0.1, 0.15) is 24.1 Å². The second-order valence-electron chi connectivity index (χ2n) is 5.97. The number of sulfonamides is 1. The van der Waals surface area contributed by atoms with Gasteiger partial charge in [0.1, 0.15) is 6.10 Å². The number of hydrogen-bond donors (Lipinski definition) is 0. The Labute approximate surface area is 142 Å². The first-order chi connectivity index (χ1) is 11.5. The second-order valence-corrected chi connectivity index (χ2v) is 7.94. The van der Waals surface area contributed by atoms with Crippen LogP contribution in [0.5, 0.6) is 5.88 Å². The molecule has 0 amide bonds. The maximum Gasteiger partial charge on any atom is 0.233 e. The molecule has 1 saturated heterocycles. The van der Waals surface area contributed by atoms with Crippen LogP contribution in [0.3, 0.4) is 0 Å². The normalized spacial score (nSPS) is 16.9. The lowest BCUT2D eigenvalue weighted by atomic mass is 10.1. The molecule has 0 spiro atoms. The standard InChI is InChI=1S/C17H21N3O3S/c1-14-7-8-17(19-18-14)23-16-9-11-20(12-10-16)24(21,22)13-15-5-3-2-4-6-15/h2-8,16H,9-13H2,1H3. The van der Waals surface area contributed by atoms with Crippen LogP contribution in [0.4, 0.5) is 0 Å². The molecule has 0 bridgehead atoms. The topological polar surface area (TPSA) is 72.4 Å². The summed E-state index contributed by atoms with van der Waals surface area (Å²) >= 11 is 0. The Balaban J connectivity index is 1.55. The van der Waals surface area contributed by atoms with Crippen molar-refractivity contribution in [3.63, 3.8) is 0 Å². The van der Waals surface area contributed by atoms with Gasteiger partial charge in [-0.1, -0.05) is 30.3 Å². The van der Waals surface area contributed by atoms with Crippen LogP contribution >= 0.6 is 0 Å². The van der Waals surface area contributed by atoms with Gasteiger partial charge in [0.15, 0.2) is 0 Å². The molecule has 2 heterocycles. The molecular weight excluding hydrogens is 326 g/mol. The zero-order valence-corrected chi connectivity index (χ0v) is 14.4. The number of hydrogen-bond acceptors (Lipinski definition) is 5. The summed E-state index contributed by atoms with van der Waals surface area (Å²) in [4.78, 5) is 0. The number of rotatable bonds is 5. The average molecular weight is 347 g/mol. The number of nitrogens with zero attached hydrogens (tertiary/aromatic N) is 3. The summed E-state index contributed by atoms with van der Waals surface area (Å²) in [7, 11) is -3.29. The van der Waals surface area contributed by atoms with Gasteiger partial charge in [-0.05, 0) is 31.4 Å². The van der Waals surface area contributed by atoms with Gasteiger partial charge in [-0.2, -0.15) is 5.10 Å². The number of ether oxygens (including phenoxy) is 1. The predicted molar refractivity (Wildman–Crippen MR) is 91.1 cm³/mol. The minimum absolute atomic E-state index is 0.0230. The fourth-order valence-corrected chi connectivity index (χ4v) is 4.29. The van der Waals surface area contributed by atoms with E-state index in [4.69, 9.17) is 4.74 Å². The maximum absolute atomic E-state index is 12.5. The SMILES string of the molecule is Cc1ccc(OC2CCN(S(=O)(=O)Cc3ccccc3)CC2)nn1. The first-order valence-corrected chi connectivity index (χ1v) is 9.62. The molecule has 1 aliphatic rings. The molecule has 1 aromatic carbocycles. The average Bonchev–Trinajstić information content (AvgIpc) is 2.58. The fraction of sp³-hybridized carbons (Fsp3) is 0.412. The summed E-state index contributed by atoms with van der Waals surface area (Å²) in [5, 5.41) is 7.96. The summed E-state index contributed by atoms with van der Waals surface area (Å²) < 4.78 is 32.4. The number of piperidine rings is 1. The summed E-state index contributed by atoms with van der Waals surface area (Å²) in [5.74, 6) is 0.536. The zero-order chi connectivity index (χ0) is 17.0. The van der Waals surface area contributed by atoms with E-state index in [0.717, 1.165) is 11.3 Å². The van der Waals surface area contributed by atoms with Gasteiger partial charge in [-0.15, -0.1) is 5.10 Å². The van der Waals surface area contributed by atoms with E-state index < -0.39 is 10.0 Å². The van der Waals surface area contributed by atoms with Crippen LogP contribution in [0.25, 0.3) is 0 Å². The molecule has 3 rings (SSSR count). The third-order valence-corrected chi connectivity index (χ3v) is 5.90. The third-order valence-electron chi connectivity index (χ3n) is 4.05. The Bertz CT molecular complexity index is 755. The van der Waals surface area contributed by atoms with E-state index in [9.17, 15) is 8.42 Å². The molecule has 6 nitrogen and oxygen atoms in total. The summed E-state index contributed by atoms with van der Waals surface area (Å²) in [6.07, 6.45) is 1.29. The van der Waals surface area contributed by atoms with Crippen molar-refractivity contribution in [1.82, 2.24) is 14.5 Å². The highest BCUT2D eigenvalue weighted by molar-refractivity contribution is 7.88. The molecule has 7 heteroatoms. The molecule has 0 N–H and O–H groups in total. The Morgan fingerprint density at radius 3 is 2.42 bits per heavy atom. The van der Waals surface area contributed by atoms with Crippen LogP contribution in [0.2, 0.25) is 0 Å². The maximum atomic E-state index is 12.5. The van der Waals surface area contributed by atoms with E-state index in [2.05, 4.69) is 10.2 Å². The van der Waals surface area contributed by atoms with Crippen LogP contribution in [-0.2, 0) is 15.8 Å². The van der Waals surface area contributed by atoms with Gasteiger partial charge in [0, 0.05) is 19.2 Å². The molecular formula is C17H21N3O3S. The van der Waals surface area contributed by atoms with E-state index >= 15 is 0 Å². The van der Waals surface area contributed by atoms with Gasteiger partial charge < -0.3 is 4.74 Å². The van der Waals surface area contributed by atoms with E-state index in [-0.39, 0.29) is 11.9 Å². The molecule has 128 valence electrons. The second kappa shape index (κ2) is 7.27. The van der Waals surface area contributed by atoms with Crippen molar-refractivity contribution >= 4 is 10.0 Å². The molecule has 0 radical (unpaired) electrons. The quantitative estimate of drug-likeness (QED) is 0.829. The molecule has 24 heavy (non-hydrogen) atoms. The van der Waals surface area contributed by atoms with Gasteiger partial charge in [0.2, 0.25) is 15.9 Å². The van der Waals surface area contributed by atoms with Crippen molar-refractivity contribution in [3.8, 4) is 5.88 Å². The van der Waals surface area contributed by atoms with E-state index in [0.29, 0.717) is 31.8 Å². The molecule has 0 saturated carbocycles. The van der Waals surface area contributed by atoms with Gasteiger partial charge in [-0.25, -0.2) is 12.7 Å². The van der Waals surface area contributed by atoms with E-state index in [1.54, 1.807) is 10.4 Å². The zero-order valence-electron chi connectivity index (χ0n) is 13.6. The summed E-state index contributed by atoms with van der Waals surface area (Å²) in [5.41, 5.74) is 1.65. The molecule has 1 fully saturated rings. The van der Waals surface area contributed by atoms with Crippen molar-refractivity contribution in [2.45, 2.75) is 31.6 Å². The molecule has 1 aromatic heterocycles. The van der Waals surface area contributed by atoms with Gasteiger partial charge in [0.05, 0.1) is 11.4 Å². The number of aromatic nitrogens is 2. The monoisotopic (exact) mass is 347 g/mol. The Morgan fingerprint density at radius 1 is 1.08 bits per heavy atom. The van der Waals surface area contributed by atoms with Crippen molar-refractivity contribution in [3.05, 3.63) is 53.7 Å². The van der Waals surface area contributed by atoms with Crippen molar-refractivity contribution < 1.29 is 13.2 Å². The lowest BCUT2D eigenvalue weighted by Gasteiger charge is -2.31. The van der Waals surface area contributed by atoms with Gasteiger partial charge in [-0.3, -0.25) is 0 Å². The van der Waals surface area contributed by atoms with Crippen LogP contribution in [0, 0.1) is 6.92 Å². The van der Waals surface area contributed by atoms with Crippen LogP contribution in [0.15, 0.2) is 42.5 Å². The summed E-state index contributed by atoms with van der Waals surface area (Å²) in [6, 6.07) is 12.9. The first-order valence-electron chi connectivity index (χ1n) is 8.02. The molecule has 0 aliphatic carbocycles. The van der Waals surface area contributed by atoms with Crippen molar-refractivity contribution in [2.24, 2.45) is 0 Å². The molecule has 2 aromatic rings. The van der Waals surface area contributed by atoms with E-state index in [1.807, 2.05) is 43.3 Å². The Kier molecular flexibility index (Phi) is 5.11. The number of benzene rings is 1. The largest absolute Gasteiger partial charge is 0.473 e. The molecule has 0 unspecified atom stereocenters. The number of aryl methyl sites for hydroxylation is 1. The van der Waals surface area contributed by atoms with Crippen LogP contribution in [-0.4, -0.2) is 42.1 Å². The predicted octanol–water partition coefficient (Wildman–Crippen LogP) is 2.16. The first kappa shape index (κ1) is 16.9.